The Morgan fingerprint density at radius 2 is 2.03 bits per heavy atom. The molecule has 1 aliphatic heterocycles. The first kappa shape index (κ1) is 21.1. The lowest BCUT2D eigenvalue weighted by atomic mass is 9.94. The van der Waals surface area contributed by atoms with Crippen LogP contribution in [0.5, 0.6) is 0 Å². The van der Waals surface area contributed by atoms with Crippen LogP contribution in [0.3, 0.4) is 0 Å². The number of nitrogens with one attached hydrogen (secondary N) is 1. The zero-order valence-electron chi connectivity index (χ0n) is 18.0. The number of carboxylic acids is 1. The quantitative estimate of drug-likeness (QED) is 0.595. The molecule has 31 heavy (non-hydrogen) atoms. The zero-order valence-corrected chi connectivity index (χ0v) is 18.0. The average molecular weight is 421 g/mol. The highest BCUT2D eigenvalue weighted by Crippen LogP contribution is 2.35. The number of hydrogen-bond donors (Lipinski definition) is 2. The molecule has 7 heteroatoms. The largest absolute Gasteiger partial charge is 0.478 e. The van der Waals surface area contributed by atoms with E-state index in [0.29, 0.717) is 5.92 Å². The number of aromatic nitrogens is 3. The van der Waals surface area contributed by atoms with E-state index in [-0.39, 0.29) is 23.7 Å². The summed E-state index contributed by atoms with van der Waals surface area (Å²) in [5.74, 6) is -0.673. The fourth-order valence-electron chi connectivity index (χ4n) is 4.37. The van der Waals surface area contributed by atoms with Gasteiger partial charge in [0.2, 0.25) is 0 Å². The van der Waals surface area contributed by atoms with Crippen molar-refractivity contribution in [3.63, 3.8) is 0 Å². The normalized spacial score (nSPS) is 14.9. The van der Waals surface area contributed by atoms with Crippen molar-refractivity contribution in [2.24, 2.45) is 0 Å². The molecule has 1 saturated heterocycles. The van der Waals surface area contributed by atoms with Gasteiger partial charge in [-0.25, -0.2) is 9.78 Å². The minimum Gasteiger partial charge on any atom is -0.478 e. The standard InChI is InChI=1S/C24H28N4O3/c1-15(2)27-14-18(4-5-22(27)29)19-8-11-26-23-20(19)12-21(17-6-9-25-10-7-17)28(23)13-16(3)24(30)31/h4-5,8,11-12,14-15,17,25H,3,6-7,9-10,13H2,1-2H3,(H,30,31). The molecule has 4 rings (SSSR count). The van der Waals surface area contributed by atoms with Crippen molar-refractivity contribution in [2.45, 2.75) is 45.2 Å². The predicted octanol–water partition coefficient (Wildman–Crippen LogP) is 3.55. The van der Waals surface area contributed by atoms with Crippen LogP contribution in [-0.2, 0) is 11.3 Å². The Kier molecular flexibility index (Phi) is 5.78. The van der Waals surface area contributed by atoms with Crippen LogP contribution in [0.15, 0.2) is 53.6 Å². The molecule has 3 aromatic heterocycles. The molecular weight excluding hydrogens is 392 g/mol. The van der Waals surface area contributed by atoms with E-state index in [9.17, 15) is 14.7 Å². The Hall–Kier alpha value is -3.19. The maximum Gasteiger partial charge on any atom is 0.332 e. The summed E-state index contributed by atoms with van der Waals surface area (Å²) in [6, 6.07) is 7.59. The molecule has 0 aliphatic carbocycles. The molecule has 7 nitrogen and oxygen atoms in total. The minimum atomic E-state index is -1.00. The Morgan fingerprint density at radius 1 is 1.29 bits per heavy atom. The summed E-state index contributed by atoms with van der Waals surface area (Å²) in [5, 5.41) is 13.8. The Balaban J connectivity index is 1.90. The number of rotatable bonds is 6. The molecule has 0 aromatic carbocycles. The Labute approximate surface area is 181 Å². The van der Waals surface area contributed by atoms with Gasteiger partial charge in [0.1, 0.15) is 5.65 Å². The van der Waals surface area contributed by atoms with Gasteiger partial charge in [0, 0.05) is 47.1 Å². The SMILES string of the molecule is C=C(Cn1c(C2CCNCC2)cc2c(-c3ccc(=O)n(C(C)C)c3)ccnc21)C(=O)O. The molecule has 2 N–H and O–H groups in total. The van der Waals surface area contributed by atoms with E-state index in [2.05, 4.69) is 22.9 Å². The van der Waals surface area contributed by atoms with E-state index < -0.39 is 5.97 Å². The molecule has 0 saturated carbocycles. The van der Waals surface area contributed by atoms with E-state index >= 15 is 0 Å². The summed E-state index contributed by atoms with van der Waals surface area (Å²) in [7, 11) is 0. The van der Waals surface area contributed by atoms with Crippen LogP contribution in [0, 0.1) is 0 Å². The van der Waals surface area contributed by atoms with Crippen LogP contribution < -0.4 is 10.9 Å². The van der Waals surface area contributed by atoms with Crippen molar-refractivity contribution in [3.8, 4) is 11.1 Å². The number of piperidine rings is 1. The fourth-order valence-corrected chi connectivity index (χ4v) is 4.37. The molecule has 3 aromatic rings. The second kappa shape index (κ2) is 8.51. The van der Waals surface area contributed by atoms with Gasteiger partial charge in [0.05, 0.1) is 6.54 Å². The lowest BCUT2D eigenvalue weighted by Crippen LogP contribution is -2.28. The van der Waals surface area contributed by atoms with Gasteiger partial charge in [-0.2, -0.15) is 0 Å². The minimum absolute atomic E-state index is 0.0326. The highest BCUT2D eigenvalue weighted by molar-refractivity contribution is 5.94. The van der Waals surface area contributed by atoms with Crippen molar-refractivity contribution in [1.82, 2.24) is 19.4 Å². The smallest absolute Gasteiger partial charge is 0.332 e. The average Bonchev–Trinajstić information content (AvgIpc) is 3.13. The van der Waals surface area contributed by atoms with E-state index in [4.69, 9.17) is 0 Å². The Bertz CT molecular complexity index is 1200. The van der Waals surface area contributed by atoms with Gasteiger partial charge in [-0.05, 0) is 69.1 Å². The van der Waals surface area contributed by atoms with Crippen molar-refractivity contribution >= 4 is 17.0 Å². The zero-order chi connectivity index (χ0) is 22.1. The van der Waals surface area contributed by atoms with Crippen LogP contribution in [0.4, 0.5) is 0 Å². The number of aliphatic carboxylic acids is 1. The number of nitrogens with zero attached hydrogens (tertiary/aromatic N) is 3. The van der Waals surface area contributed by atoms with Crippen LogP contribution in [0.25, 0.3) is 22.2 Å². The number of fused-ring (bicyclic) bond motifs is 1. The molecule has 0 radical (unpaired) electrons. The van der Waals surface area contributed by atoms with E-state index in [1.807, 2.05) is 36.7 Å². The van der Waals surface area contributed by atoms with Crippen molar-refractivity contribution < 1.29 is 9.90 Å². The molecule has 4 heterocycles. The van der Waals surface area contributed by atoms with Gasteiger partial charge in [-0.15, -0.1) is 0 Å². The highest BCUT2D eigenvalue weighted by Gasteiger charge is 2.23. The maximum atomic E-state index is 12.2. The van der Waals surface area contributed by atoms with Gasteiger partial charge in [-0.3, -0.25) is 4.79 Å². The first-order valence-electron chi connectivity index (χ1n) is 10.7. The molecule has 0 spiro atoms. The predicted molar refractivity (Wildman–Crippen MR) is 121 cm³/mol. The maximum absolute atomic E-state index is 12.2. The van der Waals surface area contributed by atoms with Gasteiger partial charge in [0.25, 0.3) is 5.56 Å². The summed E-state index contributed by atoms with van der Waals surface area (Å²) in [6.45, 7) is 9.78. The summed E-state index contributed by atoms with van der Waals surface area (Å²) in [4.78, 5) is 28.3. The van der Waals surface area contributed by atoms with E-state index in [1.165, 1.54) is 0 Å². The summed E-state index contributed by atoms with van der Waals surface area (Å²) >= 11 is 0. The van der Waals surface area contributed by atoms with Crippen LogP contribution >= 0.6 is 0 Å². The molecule has 162 valence electrons. The van der Waals surface area contributed by atoms with Gasteiger partial charge >= 0.3 is 5.97 Å². The van der Waals surface area contributed by atoms with Crippen molar-refractivity contribution in [3.05, 3.63) is 64.9 Å². The molecule has 0 amide bonds. The van der Waals surface area contributed by atoms with Crippen molar-refractivity contribution in [1.29, 1.82) is 0 Å². The number of pyridine rings is 2. The third kappa shape index (κ3) is 4.05. The highest BCUT2D eigenvalue weighted by atomic mass is 16.4. The van der Waals surface area contributed by atoms with Gasteiger partial charge in [0.15, 0.2) is 0 Å². The number of hydrogen-bond acceptors (Lipinski definition) is 4. The lowest BCUT2D eigenvalue weighted by Gasteiger charge is -2.24. The fraction of sp³-hybridized carbons (Fsp3) is 0.375. The monoisotopic (exact) mass is 420 g/mol. The van der Waals surface area contributed by atoms with Gasteiger partial charge < -0.3 is 19.6 Å². The summed E-state index contributed by atoms with van der Waals surface area (Å²) < 4.78 is 3.72. The molecule has 0 unspecified atom stereocenters. The Morgan fingerprint density at radius 3 is 2.71 bits per heavy atom. The molecule has 0 bridgehead atoms. The third-order valence-corrected chi connectivity index (χ3v) is 6.04. The van der Waals surface area contributed by atoms with Crippen molar-refractivity contribution in [2.75, 3.05) is 13.1 Å². The van der Waals surface area contributed by atoms with E-state index in [0.717, 1.165) is 53.8 Å². The van der Waals surface area contributed by atoms with Crippen LogP contribution in [0.1, 0.15) is 44.3 Å². The number of carbonyl (C=O) groups is 1. The first-order chi connectivity index (χ1) is 14.9. The van der Waals surface area contributed by atoms with Crippen LogP contribution in [-0.4, -0.2) is 38.3 Å². The second-order valence-corrected chi connectivity index (χ2v) is 8.44. The molecule has 1 aliphatic rings. The number of carboxylic acid groups (broad SMARTS) is 1. The molecule has 1 fully saturated rings. The molecule has 0 atom stereocenters. The third-order valence-electron chi connectivity index (χ3n) is 6.04. The second-order valence-electron chi connectivity index (χ2n) is 8.44. The summed E-state index contributed by atoms with van der Waals surface area (Å²) in [6.07, 6.45) is 5.61. The molecular formula is C24H28N4O3. The van der Waals surface area contributed by atoms with Crippen LogP contribution in [0.2, 0.25) is 0 Å². The summed E-state index contributed by atoms with van der Waals surface area (Å²) in [5.41, 5.74) is 3.86. The lowest BCUT2D eigenvalue weighted by molar-refractivity contribution is -0.132. The van der Waals surface area contributed by atoms with Gasteiger partial charge in [-0.1, -0.05) is 6.58 Å². The topological polar surface area (TPSA) is 89.2 Å². The first-order valence-corrected chi connectivity index (χ1v) is 10.7. The van der Waals surface area contributed by atoms with E-state index in [1.54, 1.807) is 16.8 Å².